The monoisotopic (exact) mass is 180 g/mol. The van der Waals surface area contributed by atoms with Crippen LogP contribution >= 0.6 is 11.8 Å². The molecule has 2 heteroatoms. The number of carbonyl (C=O) groups excluding carboxylic acids is 1. The first-order valence-corrected chi connectivity index (χ1v) is 4.78. The number of rotatable bonds is 2. The molecule has 0 aliphatic heterocycles. The van der Waals surface area contributed by atoms with Gasteiger partial charge in [0.1, 0.15) is 0 Å². The van der Waals surface area contributed by atoms with Crippen molar-refractivity contribution in [3.05, 3.63) is 30.3 Å². The SMILES string of the molecule is CC(C)C(=O)Sc1ccccc1. The zero-order chi connectivity index (χ0) is 8.97. The minimum atomic E-state index is 0.107. The Morgan fingerprint density at radius 1 is 1.25 bits per heavy atom. The third-order valence-corrected chi connectivity index (χ3v) is 2.61. The fraction of sp³-hybridized carbons (Fsp3) is 0.300. The average molecular weight is 180 g/mol. The van der Waals surface area contributed by atoms with E-state index in [9.17, 15) is 4.79 Å². The van der Waals surface area contributed by atoms with Crippen LogP contribution in [0.3, 0.4) is 0 Å². The van der Waals surface area contributed by atoms with Crippen molar-refractivity contribution in [2.24, 2.45) is 5.92 Å². The van der Waals surface area contributed by atoms with Gasteiger partial charge in [-0.25, -0.2) is 0 Å². The molecule has 0 radical (unpaired) electrons. The molecule has 0 unspecified atom stereocenters. The van der Waals surface area contributed by atoms with Gasteiger partial charge in [0.2, 0.25) is 0 Å². The number of hydrogen-bond acceptors (Lipinski definition) is 2. The molecule has 1 aromatic carbocycles. The molecule has 0 heterocycles. The summed E-state index contributed by atoms with van der Waals surface area (Å²) >= 11 is 1.31. The van der Waals surface area contributed by atoms with Gasteiger partial charge in [0.15, 0.2) is 5.12 Å². The summed E-state index contributed by atoms with van der Waals surface area (Å²) in [5, 5.41) is 0.223. The summed E-state index contributed by atoms with van der Waals surface area (Å²) in [4.78, 5) is 12.3. The van der Waals surface area contributed by atoms with Crippen LogP contribution in [0.5, 0.6) is 0 Å². The Morgan fingerprint density at radius 3 is 2.33 bits per heavy atom. The van der Waals surface area contributed by atoms with E-state index in [1.165, 1.54) is 11.8 Å². The fourth-order valence-electron chi connectivity index (χ4n) is 0.723. The number of hydrogen-bond donors (Lipinski definition) is 0. The zero-order valence-electron chi connectivity index (χ0n) is 7.28. The van der Waals surface area contributed by atoms with Crippen molar-refractivity contribution in [1.29, 1.82) is 0 Å². The zero-order valence-corrected chi connectivity index (χ0v) is 8.10. The maximum Gasteiger partial charge on any atom is 0.196 e. The van der Waals surface area contributed by atoms with Crippen LogP contribution in [0.15, 0.2) is 35.2 Å². The van der Waals surface area contributed by atoms with Crippen LogP contribution in [0, 0.1) is 5.92 Å². The van der Waals surface area contributed by atoms with Gasteiger partial charge in [-0.05, 0) is 12.1 Å². The van der Waals surface area contributed by atoms with Gasteiger partial charge < -0.3 is 0 Å². The van der Waals surface area contributed by atoms with E-state index in [-0.39, 0.29) is 11.0 Å². The fourth-order valence-corrected chi connectivity index (χ4v) is 1.48. The van der Waals surface area contributed by atoms with Crippen molar-refractivity contribution >= 4 is 16.9 Å². The lowest BCUT2D eigenvalue weighted by Crippen LogP contribution is -2.00. The Balaban J connectivity index is 2.59. The molecular weight excluding hydrogens is 168 g/mol. The minimum absolute atomic E-state index is 0.107. The molecule has 0 fully saturated rings. The molecule has 0 atom stereocenters. The van der Waals surface area contributed by atoms with Crippen LogP contribution in [0.1, 0.15) is 13.8 Å². The van der Waals surface area contributed by atoms with Gasteiger partial charge in [-0.3, -0.25) is 4.79 Å². The highest BCUT2D eigenvalue weighted by molar-refractivity contribution is 8.13. The Kier molecular flexibility index (Phi) is 3.35. The number of carbonyl (C=O) groups is 1. The van der Waals surface area contributed by atoms with E-state index in [4.69, 9.17) is 0 Å². The van der Waals surface area contributed by atoms with E-state index in [2.05, 4.69) is 0 Å². The molecule has 0 saturated carbocycles. The predicted octanol–water partition coefficient (Wildman–Crippen LogP) is 2.96. The van der Waals surface area contributed by atoms with Crippen molar-refractivity contribution in [2.45, 2.75) is 18.7 Å². The molecule has 0 saturated heterocycles. The normalized spacial score (nSPS) is 10.2. The van der Waals surface area contributed by atoms with E-state index in [0.29, 0.717) is 0 Å². The van der Waals surface area contributed by atoms with Crippen LogP contribution < -0.4 is 0 Å². The Bertz CT molecular complexity index is 254. The number of benzene rings is 1. The van der Waals surface area contributed by atoms with Gasteiger partial charge in [0.25, 0.3) is 0 Å². The quantitative estimate of drug-likeness (QED) is 0.651. The molecular formula is C10H12OS. The Labute approximate surface area is 77.2 Å². The van der Waals surface area contributed by atoms with Gasteiger partial charge in [0, 0.05) is 10.8 Å². The second-order valence-electron chi connectivity index (χ2n) is 2.89. The maximum atomic E-state index is 11.3. The van der Waals surface area contributed by atoms with Gasteiger partial charge in [-0.2, -0.15) is 0 Å². The highest BCUT2D eigenvalue weighted by Gasteiger charge is 2.07. The minimum Gasteiger partial charge on any atom is -0.287 e. The van der Waals surface area contributed by atoms with E-state index in [0.717, 1.165) is 4.90 Å². The van der Waals surface area contributed by atoms with Crippen molar-refractivity contribution in [3.8, 4) is 0 Å². The Morgan fingerprint density at radius 2 is 1.83 bits per heavy atom. The second-order valence-corrected chi connectivity index (χ2v) is 3.97. The van der Waals surface area contributed by atoms with Crippen LogP contribution in [0.4, 0.5) is 0 Å². The summed E-state index contributed by atoms with van der Waals surface area (Å²) in [5.74, 6) is 0.107. The molecule has 0 aromatic heterocycles. The maximum absolute atomic E-state index is 11.3. The van der Waals surface area contributed by atoms with Crippen LogP contribution in [-0.2, 0) is 4.79 Å². The van der Waals surface area contributed by atoms with Crippen molar-refractivity contribution < 1.29 is 4.79 Å². The summed E-state index contributed by atoms with van der Waals surface area (Å²) in [7, 11) is 0. The third kappa shape index (κ3) is 2.70. The largest absolute Gasteiger partial charge is 0.287 e. The molecule has 1 rings (SSSR count). The van der Waals surface area contributed by atoms with Crippen molar-refractivity contribution in [3.63, 3.8) is 0 Å². The lowest BCUT2D eigenvalue weighted by Gasteiger charge is -2.01. The molecule has 0 spiro atoms. The van der Waals surface area contributed by atoms with E-state index in [1.807, 2.05) is 44.2 Å². The third-order valence-electron chi connectivity index (χ3n) is 1.43. The van der Waals surface area contributed by atoms with Gasteiger partial charge in [-0.15, -0.1) is 0 Å². The van der Waals surface area contributed by atoms with Crippen LogP contribution in [0.2, 0.25) is 0 Å². The first-order chi connectivity index (χ1) is 5.70. The predicted molar refractivity (Wildman–Crippen MR) is 52.1 cm³/mol. The molecule has 0 aliphatic rings. The first kappa shape index (κ1) is 9.33. The van der Waals surface area contributed by atoms with Crippen molar-refractivity contribution in [2.75, 3.05) is 0 Å². The smallest absolute Gasteiger partial charge is 0.196 e. The summed E-state index contributed by atoms with van der Waals surface area (Å²) < 4.78 is 0. The topological polar surface area (TPSA) is 17.1 Å². The molecule has 64 valence electrons. The summed E-state index contributed by atoms with van der Waals surface area (Å²) in [5.41, 5.74) is 0. The van der Waals surface area contributed by atoms with Gasteiger partial charge in [0.05, 0.1) is 0 Å². The molecule has 1 aromatic rings. The Hall–Kier alpha value is -0.760. The van der Waals surface area contributed by atoms with Crippen molar-refractivity contribution in [1.82, 2.24) is 0 Å². The molecule has 0 bridgehead atoms. The first-order valence-electron chi connectivity index (χ1n) is 3.97. The molecule has 0 amide bonds. The highest BCUT2D eigenvalue weighted by atomic mass is 32.2. The summed E-state index contributed by atoms with van der Waals surface area (Å²) in [6.07, 6.45) is 0. The lowest BCUT2D eigenvalue weighted by atomic mass is 10.3. The van der Waals surface area contributed by atoms with Gasteiger partial charge in [-0.1, -0.05) is 43.8 Å². The second kappa shape index (κ2) is 4.31. The van der Waals surface area contributed by atoms with Gasteiger partial charge >= 0.3 is 0 Å². The molecule has 12 heavy (non-hydrogen) atoms. The standard InChI is InChI=1S/C10H12OS/c1-8(2)10(11)12-9-6-4-3-5-7-9/h3-8H,1-2H3. The van der Waals surface area contributed by atoms with Crippen LogP contribution in [0.25, 0.3) is 0 Å². The lowest BCUT2D eigenvalue weighted by molar-refractivity contribution is -0.113. The highest BCUT2D eigenvalue weighted by Crippen LogP contribution is 2.21. The molecule has 1 nitrogen and oxygen atoms in total. The average Bonchev–Trinajstić information content (AvgIpc) is 2.06. The van der Waals surface area contributed by atoms with E-state index in [1.54, 1.807) is 0 Å². The summed E-state index contributed by atoms with van der Waals surface area (Å²) in [6, 6.07) is 9.73. The summed E-state index contributed by atoms with van der Waals surface area (Å²) in [6.45, 7) is 3.83. The van der Waals surface area contributed by atoms with E-state index >= 15 is 0 Å². The van der Waals surface area contributed by atoms with E-state index < -0.39 is 0 Å². The molecule has 0 N–H and O–H groups in total. The van der Waals surface area contributed by atoms with Crippen LogP contribution in [-0.4, -0.2) is 5.12 Å². The molecule has 0 aliphatic carbocycles. The number of thioether (sulfide) groups is 1.